The molecular formula is C19H16O. The minimum absolute atomic E-state index is 1.07. The van der Waals surface area contributed by atoms with Gasteiger partial charge in [-0.2, -0.15) is 0 Å². The van der Waals surface area contributed by atoms with E-state index in [9.17, 15) is 0 Å². The number of rotatable bonds is 2. The topological polar surface area (TPSA) is 13.1 Å². The van der Waals surface area contributed by atoms with Gasteiger partial charge in [0.15, 0.2) is 0 Å². The fraction of sp³-hybridized carbons (Fsp3) is 0.158. The van der Waals surface area contributed by atoms with Gasteiger partial charge in [0.2, 0.25) is 0 Å². The van der Waals surface area contributed by atoms with Crippen LogP contribution in [0.1, 0.15) is 17.5 Å². The summed E-state index contributed by atoms with van der Waals surface area (Å²) in [6.45, 7) is 0. The van der Waals surface area contributed by atoms with Crippen LogP contribution in [0.3, 0.4) is 0 Å². The molecule has 1 aliphatic carbocycles. The van der Waals surface area contributed by atoms with Gasteiger partial charge >= 0.3 is 0 Å². The summed E-state index contributed by atoms with van der Waals surface area (Å²) in [5.74, 6) is 2.13. The lowest BCUT2D eigenvalue weighted by Gasteiger charge is -2.01. The summed E-state index contributed by atoms with van der Waals surface area (Å²) < 4.78 is 6.26. The second-order valence-electron chi connectivity index (χ2n) is 5.30. The van der Waals surface area contributed by atoms with Crippen LogP contribution >= 0.6 is 0 Å². The maximum absolute atomic E-state index is 6.26. The Labute approximate surface area is 118 Å². The molecule has 20 heavy (non-hydrogen) atoms. The Balaban J connectivity index is 1.91. The van der Waals surface area contributed by atoms with Crippen LogP contribution in [-0.4, -0.2) is 0 Å². The van der Waals surface area contributed by atoms with E-state index in [4.69, 9.17) is 4.42 Å². The van der Waals surface area contributed by atoms with Gasteiger partial charge in [-0.1, -0.05) is 60.7 Å². The van der Waals surface area contributed by atoms with Crippen LogP contribution in [-0.2, 0) is 12.8 Å². The molecule has 0 fully saturated rings. The summed E-state index contributed by atoms with van der Waals surface area (Å²) in [4.78, 5) is 0. The average molecular weight is 260 g/mol. The molecule has 1 aromatic heterocycles. The fourth-order valence-electron chi connectivity index (χ4n) is 3.12. The number of fused-ring (bicyclic) bond motifs is 1. The van der Waals surface area contributed by atoms with Gasteiger partial charge in [0.25, 0.3) is 0 Å². The zero-order valence-corrected chi connectivity index (χ0v) is 11.3. The standard InChI is InChI=1S/C19H16O/c1-3-8-14(9-4-1)18-16-12-7-13-17(16)19(20-18)15-10-5-2-6-11-15/h1-6,8-11H,7,12-13H2. The van der Waals surface area contributed by atoms with Crippen LogP contribution in [0, 0.1) is 0 Å². The van der Waals surface area contributed by atoms with Crippen molar-refractivity contribution in [2.24, 2.45) is 0 Å². The van der Waals surface area contributed by atoms with E-state index in [1.54, 1.807) is 0 Å². The third-order valence-electron chi connectivity index (χ3n) is 4.04. The average Bonchev–Trinajstić information content (AvgIpc) is 3.11. The largest absolute Gasteiger partial charge is 0.456 e. The molecule has 0 atom stereocenters. The molecule has 0 amide bonds. The van der Waals surface area contributed by atoms with Crippen molar-refractivity contribution in [2.75, 3.05) is 0 Å². The Bertz CT molecular complexity index is 661. The summed E-state index contributed by atoms with van der Waals surface area (Å²) in [5, 5.41) is 0. The van der Waals surface area contributed by atoms with Crippen molar-refractivity contribution in [3.05, 3.63) is 71.8 Å². The Morgan fingerprint density at radius 2 is 1.05 bits per heavy atom. The monoisotopic (exact) mass is 260 g/mol. The first-order valence-corrected chi connectivity index (χ1v) is 7.19. The lowest BCUT2D eigenvalue weighted by molar-refractivity contribution is 0.587. The molecule has 1 nitrogen and oxygen atoms in total. The SMILES string of the molecule is c1ccc(-c2oc(-c3ccccc3)c3c2CCC3)cc1. The summed E-state index contributed by atoms with van der Waals surface area (Å²) in [5.41, 5.74) is 5.20. The number of hydrogen-bond donors (Lipinski definition) is 0. The molecule has 0 saturated carbocycles. The molecule has 1 heterocycles. The zero-order chi connectivity index (χ0) is 13.4. The molecule has 0 aliphatic heterocycles. The highest BCUT2D eigenvalue weighted by Gasteiger charge is 2.25. The van der Waals surface area contributed by atoms with Crippen molar-refractivity contribution < 1.29 is 4.42 Å². The molecule has 0 bridgehead atoms. The highest BCUT2D eigenvalue weighted by Crippen LogP contribution is 2.41. The van der Waals surface area contributed by atoms with E-state index in [1.165, 1.54) is 28.7 Å². The van der Waals surface area contributed by atoms with Crippen LogP contribution < -0.4 is 0 Å². The quantitative estimate of drug-likeness (QED) is 0.624. The third-order valence-corrected chi connectivity index (χ3v) is 4.04. The van der Waals surface area contributed by atoms with Gasteiger partial charge in [-0.05, 0) is 19.3 Å². The van der Waals surface area contributed by atoms with Crippen LogP contribution in [0.2, 0.25) is 0 Å². The van der Waals surface area contributed by atoms with E-state index in [0.717, 1.165) is 24.4 Å². The summed E-state index contributed by atoms with van der Waals surface area (Å²) >= 11 is 0. The Morgan fingerprint density at radius 3 is 1.50 bits per heavy atom. The third kappa shape index (κ3) is 1.78. The second-order valence-corrected chi connectivity index (χ2v) is 5.30. The van der Waals surface area contributed by atoms with E-state index < -0.39 is 0 Å². The minimum Gasteiger partial charge on any atom is -0.456 e. The van der Waals surface area contributed by atoms with Gasteiger partial charge in [0.05, 0.1) is 0 Å². The zero-order valence-electron chi connectivity index (χ0n) is 11.3. The summed E-state index contributed by atoms with van der Waals surface area (Å²) in [7, 11) is 0. The molecule has 1 aliphatic rings. The van der Waals surface area contributed by atoms with Crippen LogP contribution in [0.15, 0.2) is 65.1 Å². The lowest BCUT2D eigenvalue weighted by Crippen LogP contribution is -1.80. The van der Waals surface area contributed by atoms with E-state index in [0.29, 0.717) is 0 Å². The molecule has 1 heteroatoms. The first-order valence-electron chi connectivity index (χ1n) is 7.19. The maximum atomic E-state index is 6.26. The molecule has 3 aromatic rings. The molecule has 4 rings (SSSR count). The molecule has 0 radical (unpaired) electrons. The summed E-state index contributed by atoms with van der Waals surface area (Å²) in [6, 6.07) is 20.9. The van der Waals surface area contributed by atoms with E-state index >= 15 is 0 Å². The molecule has 0 saturated heterocycles. The van der Waals surface area contributed by atoms with Crippen LogP contribution in [0.5, 0.6) is 0 Å². The van der Waals surface area contributed by atoms with E-state index in [2.05, 4.69) is 48.5 Å². The smallest absolute Gasteiger partial charge is 0.138 e. The Kier molecular flexibility index (Phi) is 2.70. The first kappa shape index (κ1) is 11.5. The Morgan fingerprint density at radius 1 is 0.600 bits per heavy atom. The predicted octanol–water partition coefficient (Wildman–Crippen LogP) is 5.10. The van der Waals surface area contributed by atoms with E-state index in [1.807, 2.05) is 12.1 Å². The minimum atomic E-state index is 1.07. The number of hydrogen-bond acceptors (Lipinski definition) is 1. The van der Waals surface area contributed by atoms with Crippen molar-refractivity contribution in [1.29, 1.82) is 0 Å². The number of benzene rings is 2. The molecule has 0 N–H and O–H groups in total. The van der Waals surface area contributed by atoms with Crippen molar-refractivity contribution in [2.45, 2.75) is 19.3 Å². The van der Waals surface area contributed by atoms with Crippen molar-refractivity contribution in [3.63, 3.8) is 0 Å². The first-order chi connectivity index (χ1) is 9.93. The summed E-state index contributed by atoms with van der Waals surface area (Å²) in [6.07, 6.45) is 3.51. The second kappa shape index (κ2) is 4.68. The lowest BCUT2D eigenvalue weighted by atomic mass is 10.0. The maximum Gasteiger partial charge on any atom is 0.138 e. The van der Waals surface area contributed by atoms with Crippen molar-refractivity contribution in [1.82, 2.24) is 0 Å². The molecular weight excluding hydrogens is 244 g/mol. The normalized spacial score (nSPS) is 13.4. The van der Waals surface area contributed by atoms with E-state index in [-0.39, 0.29) is 0 Å². The Hall–Kier alpha value is -2.28. The molecule has 98 valence electrons. The molecule has 2 aromatic carbocycles. The van der Waals surface area contributed by atoms with Crippen LogP contribution in [0.25, 0.3) is 22.6 Å². The van der Waals surface area contributed by atoms with Crippen LogP contribution in [0.4, 0.5) is 0 Å². The highest BCUT2D eigenvalue weighted by atomic mass is 16.3. The van der Waals surface area contributed by atoms with Crippen molar-refractivity contribution >= 4 is 0 Å². The highest BCUT2D eigenvalue weighted by molar-refractivity contribution is 5.73. The van der Waals surface area contributed by atoms with Gasteiger partial charge in [-0.25, -0.2) is 0 Å². The van der Waals surface area contributed by atoms with Gasteiger partial charge in [0, 0.05) is 22.3 Å². The fourth-order valence-corrected chi connectivity index (χ4v) is 3.12. The molecule has 0 spiro atoms. The number of furan rings is 1. The van der Waals surface area contributed by atoms with Crippen molar-refractivity contribution in [3.8, 4) is 22.6 Å². The predicted molar refractivity (Wildman–Crippen MR) is 81.6 cm³/mol. The van der Waals surface area contributed by atoms with Gasteiger partial charge in [-0.15, -0.1) is 0 Å². The van der Waals surface area contributed by atoms with Gasteiger partial charge in [0.1, 0.15) is 11.5 Å². The van der Waals surface area contributed by atoms with Gasteiger partial charge < -0.3 is 4.42 Å². The molecule has 0 unspecified atom stereocenters. The van der Waals surface area contributed by atoms with Gasteiger partial charge in [-0.3, -0.25) is 0 Å².